The van der Waals surface area contributed by atoms with Gasteiger partial charge in [0.05, 0.1) is 40.2 Å². The summed E-state index contributed by atoms with van der Waals surface area (Å²) in [5.74, 6) is 1.62. The molecule has 0 saturated carbocycles. The first-order chi connectivity index (χ1) is 12.5. The van der Waals surface area contributed by atoms with Crippen molar-refractivity contribution in [3.8, 4) is 23.0 Å². The number of carbonyl (C=O) groups excluding carboxylic acids is 1. The second-order valence-corrected chi connectivity index (χ2v) is 5.75. The van der Waals surface area contributed by atoms with E-state index in [1.54, 1.807) is 31.4 Å². The number of carbonyl (C=O) groups is 1. The van der Waals surface area contributed by atoms with Crippen LogP contribution in [-0.4, -0.2) is 45.6 Å². The van der Waals surface area contributed by atoms with Crippen molar-refractivity contribution < 1.29 is 28.8 Å². The minimum Gasteiger partial charge on any atom is -0.497 e. The van der Waals surface area contributed by atoms with Crippen molar-refractivity contribution in [1.29, 1.82) is 0 Å². The predicted octanol–water partition coefficient (Wildman–Crippen LogP) is 2.17. The van der Waals surface area contributed by atoms with E-state index < -0.39 is 12.1 Å². The number of rotatable bonds is 6. The fraction of sp³-hybridized carbons (Fsp3) is 0.316. The normalized spacial score (nSPS) is 19.0. The van der Waals surface area contributed by atoms with E-state index in [0.29, 0.717) is 28.7 Å². The molecule has 3 rings (SSSR count). The summed E-state index contributed by atoms with van der Waals surface area (Å²) in [4.78, 5) is 13.9. The SMILES string of the molecule is COc1ccc([C@H]2[C@H](O)C(=O)N2c2cc(OC)c(OC)c(OC)c2)cc1. The fourth-order valence-corrected chi connectivity index (χ4v) is 3.10. The lowest BCUT2D eigenvalue weighted by Gasteiger charge is -2.44. The monoisotopic (exact) mass is 359 g/mol. The molecule has 1 aliphatic rings. The van der Waals surface area contributed by atoms with Crippen LogP contribution in [0, 0.1) is 0 Å². The van der Waals surface area contributed by atoms with Crippen LogP contribution >= 0.6 is 0 Å². The number of benzene rings is 2. The minimum atomic E-state index is -1.11. The molecule has 1 saturated heterocycles. The van der Waals surface area contributed by atoms with E-state index in [2.05, 4.69) is 0 Å². The molecule has 0 radical (unpaired) electrons. The van der Waals surface area contributed by atoms with Crippen molar-refractivity contribution in [1.82, 2.24) is 0 Å². The van der Waals surface area contributed by atoms with Gasteiger partial charge in [0, 0.05) is 12.1 Å². The van der Waals surface area contributed by atoms with Gasteiger partial charge in [0.15, 0.2) is 17.6 Å². The fourth-order valence-electron chi connectivity index (χ4n) is 3.10. The smallest absolute Gasteiger partial charge is 0.259 e. The Morgan fingerprint density at radius 2 is 1.46 bits per heavy atom. The summed E-state index contributed by atoms with van der Waals surface area (Å²) < 4.78 is 21.2. The summed E-state index contributed by atoms with van der Waals surface area (Å²) in [6, 6.07) is 10.1. The summed E-state index contributed by atoms with van der Waals surface area (Å²) in [5, 5.41) is 10.2. The van der Waals surface area contributed by atoms with Crippen molar-refractivity contribution in [3.63, 3.8) is 0 Å². The molecule has 7 heteroatoms. The lowest BCUT2D eigenvalue weighted by atomic mass is 9.90. The summed E-state index contributed by atoms with van der Waals surface area (Å²) in [7, 11) is 6.11. The van der Waals surface area contributed by atoms with Gasteiger partial charge in [-0.15, -0.1) is 0 Å². The molecular weight excluding hydrogens is 338 g/mol. The van der Waals surface area contributed by atoms with Crippen molar-refractivity contribution in [2.24, 2.45) is 0 Å². The molecule has 7 nitrogen and oxygen atoms in total. The molecule has 2 aromatic carbocycles. The zero-order valence-electron chi connectivity index (χ0n) is 15.1. The van der Waals surface area contributed by atoms with Gasteiger partial charge in [-0.1, -0.05) is 12.1 Å². The second-order valence-electron chi connectivity index (χ2n) is 5.75. The Morgan fingerprint density at radius 3 is 1.92 bits per heavy atom. The maximum absolute atomic E-state index is 12.4. The average molecular weight is 359 g/mol. The summed E-state index contributed by atoms with van der Waals surface area (Å²) >= 11 is 0. The van der Waals surface area contributed by atoms with Crippen molar-refractivity contribution >= 4 is 11.6 Å². The predicted molar refractivity (Wildman–Crippen MR) is 95.3 cm³/mol. The molecule has 2 atom stereocenters. The lowest BCUT2D eigenvalue weighted by Crippen LogP contribution is -2.59. The van der Waals surface area contributed by atoms with E-state index in [0.717, 1.165) is 5.56 Å². The summed E-state index contributed by atoms with van der Waals surface area (Å²) in [5.41, 5.74) is 1.35. The first kappa shape index (κ1) is 17.9. The van der Waals surface area contributed by atoms with Crippen LogP contribution in [-0.2, 0) is 4.79 Å². The highest BCUT2D eigenvalue weighted by Gasteiger charge is 2.48. The molecule has 0 aromatic heterocycles. The van der Waals surface area contributed by atoms with Crippen molar-refractivity contribution in [3.05, 3.63) is 42.0 Å². The van der Waals surface area contributed by atoms with Crippen LogP contribution in [0.15, 0.2) is 36.4 Å². The van der Waals surface area contributed by atoms with Crippen LogP contribution in [0.3, 0.4) is 0 Å². The average Bonchev–Trinajstić information content (AvgIpc) is 2.70. The number of hydrogen-bond donors (Lipinski definition) is 1. The van der Waals surface area contributed by atoms with Gasteiger partial charge in [0.2, 0.25) is 5.75 Å². The van der Waals surface area contributed by atoms with Gasteiger partial charge in [-0.3, -0.25) is 9.69 Å². The van der Waals surface area contributed by atoms with E-state index in [1.165, 1.54) is 26.2 Å². The van der Waals surface area contributed by atoms with E-state index in [4.69, 9.17) is 18.9 Å². The number of β-lactam (4-membered cyclic amide) rings is 1. The number of amides is 1. The van der Waals surface area contributed by atoms with Crippen LogP contribution < -0.4 is 23.8 Å². The molecule has 26 heavy (non-hydrogen) atoms. The van der Waals surface area contributed by atoms with Gasteiger partial charge in [-0.05, 0) is 17.7 Å². The molecule has 1 N–H and O–H groups in total. The van der Waals surface area contributed by atoms with Gasteiger partial charge in [-0.25, -0.2) is 0 Å². The topological polar surface area (TPSA) is 77.5 Å². The van der Waals surface area contributed by atoms with Crippen LogP contribution in [0.25, 0.3) is 0 Å². The highest BCUT2D eigenvalue weighted by atomic mass is 16.5. The molecule has 138 valence electrons. The zero-order valence-corrected chi connectivity index (χ0v) is 15.1. The quantitative estimate of drug-likeness (QED) is 0.797. The first-order valence-electron chi connectivity index (χ1n) is 8.00. The molecule has 1 heterocycles. The maximum Gasteiger partial charge on any atom is 0.259 e. The number of hydrogen-bond acceptors (Lipinski definition) is 6. The minimum absolute atomic E-state index is 0.389. The first-order valence-corrected chi connectivity index (χ1v) is 8.00. The number of methoxy groups -OCH3 is 4. The number of aliphatic hydroxyl groups is 1. The molecule has 1 aliphatic heterocycles. The van der Waals surface area contributed by atoms with Gasteiger partial charge in [0.25, 0.3) is 5.91 Å². The Kier molecular flexibility index (Phi) is 4.90. The molecule has 0 spiro atoms. The standard InChI is InChI=1S/C19H21NO6/c1-23-13-7-5-11(6-8-13)16-17(21)19(22)20(16)12-9-14(24-2)18(26-4)15(10-12)25-3/h5-10,16-17,21H,1-4H3/t16-,17-/m0/s1. The third-order valence-corrected chi connectivity index (χ3v) is 4.45. The van der Waals surface area contributed by atoms with Crippen molar-refractivity contribution in [2.45, 2.75) is 12.1 Å². The molecule has 2 aromatic rings. The molecule has 1 amide bonds. The van der Waals surface area contributed by atoms with E-state index >= 15 is 0 Å². The second kappa shape index (κ2) is 7.13. The van der Waals surface area contributed by atoms with Gasteiger partial charge < -0.3 is 24.1 Å². The highest BCUT2D eigenvalue weighted by Crippen LogP contribution is 2.46. The number of ether oxygens (including phenoxy) is 4. The Labute approximate surface area is 151 Å². The van der Waals surface area contributed by atoms with Crippen LogP contribution in [0.2, 0.25) is 0 Å². The van der Waals surface area contributed by atoms with E-state index in [-0.39, 0.29) is 5.91 Å². The number of nitrogens with zero attached hydrogens (tertiary/aromatic N) is 1. The van der Waals surface area contributed by atoms with Crippen LogP contribution in [0.5, 0.6) is 23.0 Å². The van der Waals surface area contributed by atoms with E-state index in [1.807, 2.05) is 12.1 Å². The Morgan fingerprint density at radius 1 is 0.885 bits per heavy atom. The third-order valence-electron chi connectivity index (χ3n) is 4.45. The number of anilines is 1. The Bertz CT molecular complexity index is 779. The molecule has 0 aliphatic carbocycles. The van der Waals surface area contributed by atoms with E-state index in [9.17, 15) is 9.90 Å². The number of aliphatic hydroxyl groups excluding tert-OH is 1. The third kappa shape index (κ3) is 2.80. The van der Waals surface area contributed by atoms with Crippen LogP contribution in [0.4, 0.5) is 5.69 Å². The molecule has 0 unspecified atom stereocenters. The maximum atomic E-state index is 12.4. The Balaban J connectivity index is 2.02. The van der Waals surface area contributed by atoms with Gasteiger partial charge in [0.1, 0.15) is 5.75 Å². The van der Waals surface area contributed by atoms with Gasteiger partial charge in [-0.2, -0.15) is 0 Å². The highest BCUT2D eigenvalue weighted by molar-refractivity contribution is 6.05. The largest absolute Gasteiger partial charge is 0.497 e. The molecular formula is C19H21NO6. The summed E-state index contributed by atoms with van der Waals surface area (Å²) in [6.07, 6.45) is -1.11. The Hall–Kier alpha value is -2.93. The van der Waals surface area contributed by atoms with Gasteiger partial charge >= 0.3 is 0 Å². The molecule has 1 fully saturated rings. The molecule has 0 bridgehead atoms. The summed E-state index contributed by atoms with van der Waals surface area (Å²) in [6.45, 7) is 0. The van der Waals surface area contributed by atoms with Crippen LogP contribution in [0.1, 0.15) is 11.6 Å². The zero-order chi connectivity index (χ0) is 18.8. The lowest BCUT2D eigenvalue weighted by molar-refractivity contribution is -0.137. The van der Waals surface area contributed by atoms with Crippen molar-refractivity contribution in [2.75, 3.05) is 33.3 Å².